The molecule has 20 heavy (non-hydrogen) atoms. The first-order valence-electron chi connectivity index (χ1n) is 8.41. The van der Waals surface area contributed by atoms with Crippen molar-refractivity contribution in [2.24, 2.45) is 0 Å². The first kappa shape index (κ1) is 17.9. The fourth-order valence-electron chi connectivity index (χ4n) is 3.08. The normalized spacial score (nSPS) is 23.7. The van der Waals surface area contributed by atoms with E-state index in [1.165, 1.54) is 32.5 Å². The molecule has 1 saturated heterocycles. The average molecular weight is 285 g/mol. The third kappa shape index (κ3) is 6.53. The molecule has 0 radical (unpaired) electrons. The number of likely N-dealkylation sites (N-methyl/N-ethyl adjacent to an activating group) is 1. The maximum absolute atomic E-state index is 5.36. The van der Waals surface area contributed by atoms with Gasteiger partial charge in [0.05, 0.1) is 0 Å². The van der Waals surface area contributed by atoms with Gasteiger partial charge in [0.15, 0.2) is 0 Å². The molecule has 0 spiro atoms. The Kier molecular flexibility index (Phi) is 9.44. The number of hydrogen-bond donors (Lipinski definition) is 1. The van der Waals surface area contributed by atoms with Crippen molar-refractivity contribution in [1.29, 1.82) is 0 Å². The molecule has 0 aromatic carbocycles. The van der Waals surface area contributed by atoms with E-state index in [9.17, 15) is 0 Å². The Morgan fingerprint density at radius 3 is 2.80 bits per heavy atom. The van der Waals surface area contributed by atoms with Gasteiger partial charge in [0.25, 0.3) is 0 Å². The van der Waals surface area contributed by atoms with Crippen molar-refractivity contribution >= 4 is 0 Å². The summed E-state index contributed by atoms with van der Waals surface area (Å²) in [7, 11) is 2.25. The van der Waals surface area contributed by atoms with E-state index in [1.54, 1.807) is 0 Å². The maximum atomic E-state index is 5.36. The highest BCUT2D eigenvalue weighted by Crippen LogP contribution is 2.14. The second-order valence-corrected chi connectivity index (χ2v) is 6.02. The molecule has 0 amide bonds. The van der Waals surface area contributed by atoms with Crippen LogP contribution in [-0.4, -0.2) is 74.9 Å². The molecule has 1 fully saturated rings. The third-order valence-electron chi connectivity index (χ3n) is 4.27. The Bertz CT molecular complexity index is 238. The molecule has 0 saturated carbocycles. The van der Waals surface area contributed by atoms with Gasteiger partial charge in [0.2, 0.25) is 0 Å². The second-order valence-electron chi connectivity index (χ2n) is 6.02. The highest BCUT2D eigenvalue weighted by Gasteiger charge is 2.25. The zero-order valence-electron chi connectivity index (χ0n) is 14.0. The van der Waals surface area contributed by atoms with E-state index in [2.05, 4.69) is 42.9 Å². The molecular weight excluding hydrogens is 250 g/mol. The van der Waals surface area contributed by atoms with Crippen LogP contribution in [0.2, 0.25) is 0 Å². The molecule has 1 N–H and O–H groups in total. The number of nitrogens with zero attached hydrogens (tertiary/aromatic N) is 2. The van der Waals surface area contributed by atoms with Crippen LogP contribution in [0.1, 0.15) is 40.0 Å². The van der Waals surface area contributed by atoms with Gasteiger partial charge in [-0.05, 0) is 53.2 Å². The molecule has 0 aromatic heterocycles. The number of hydrogen-bond acceptors (Lipinski definition) is 4. The maximum Gasteiger partial charge on any atom is 0.0477 e. The Balaban J connectivity index is 2.27. The fourth-order valence-corrected chi connectivity index (χ4v) is 3.08. The van der Waals surface area contributed by atoms with Crippen molar-refractivity contribution in [3.05, 3.63) is 0 Å². The van der Waals surface area contributed by atoms with Crippen molar-refractivity contribution in [2.45, 2.75) is 52.1 Å². The molecule has 2 atom stereocenters. The summed E-state index contributed by atoms with van der Waals surface area (Å²) in [6.07, 6.45) is 3.65. The van der Waals surface area contributed by atoms with Crippen molar-refractivity contribution in [3.8, 4) is 0 Å². The zero-order valence-corrected chi connectivity index (χ0v) is 14.0. The SMILES string of the molecule is CCOCCCNCC(C)N1CCCN(C)CC1CC. The standard InChI is InChI=1S/C16H35N3O/c1-5-16-14-18(4)10-8-11-19(16)15(3)13-17-9-7-12-20-6-2/h15-17H,5-14H2,1-4H3. The van der Waals surface area contributed by atoms with E-state index < -0.39 is 0 Å². The predicted octanol–water partition coefficient (Wildman–Crippen LogP) is 1.81. The first-order chi connectivity index (χ1) is 9.69. The monoisotopic (exact) mass is 285 g/mol. The zero-order chi connectivity index (χ0) is 14.8. The molecule has 0 aromatic rings. The summed E-state index contributed by atoms with van der Waals surface area (Å²) in [5, 5.41) is 3.58. The molecule has 1 aliphatic rings. The van der Waals surface area contributed by atoms with Crippen LogP contribution in [0.5, 0.6) is 0 Å². The van der Waals surface area contributed by atoms with E-state index in [1.807, 2.05) is 0 Å². The lowest BCUT2D eigenvalue weighted by atomic mass is 10.1. The molecule has 4 heteroatoms. The summed E-state index contributed by atoms with van der Waals surface area (Å²) in [6, 6.07) is 1.33. The highest BCUT2D eigenvalue weighted by molar-refractivity contribution is 4.82. The fraction of sp³-hybridized carbons (Fsp3) is 1.00. The van der Waals surface area contributed by atoms with Gasteiger partial charge >= 0.3 is 0 Å². The third-order valence-corrected chi connectivity index (χ3v) is 4.27. The summed E-state index contributed by atoms with van der Waals surface area (Å²) in [5.41, 5.74) is 0. The summed E-state index contributed by atoms with van der Waals surface area (Å²) in [4.78, 5) is 5.19. The second kappa shape index (κ2) is 10.6. The van der Waals surface area contributed by atoms with Crippen molar-refractivity contribution < 1.29 is 4.74 Å². The molecule has 4 nitrogen and oxygen atoms in total. The van der Waals surface area contributed by atoms with E-state index in [0.717, 1.165) is 32.7 Å². The minimum atomic E-state index is 0.624. The van der Waals surface area contributed by atoms with Crippen molar-refractivity contribution in [3.63, 3.8) is 0 Å². The van der Waals surface area contributed by atoms with Gasteiger partial charge in [-0.25, -0.2) is 0 Å². The minimum Gasteiger partial charge on any atom is -0.382 e. The van der Waals surface area contributed by atoms with Crippen LogP contribution in [0, 0.1) is 0 Å². The molecule has 2 unspecified atom stereocenters. The van der Waals surface area contributed by atoms with Crippen LogP contribution in [0.15, 0.2) is 0 Å². The molecular formula is C16H35N3O. The van der Waals surface area contributed by atoms with Gasteiger partial charge in [0.1, 0.15) is 0 Å². The van der Waals surface area contributed by atoms with Crippen LogP contribution >= 0.6 is 0 Å². The van der Waals surface area contributed by atoms with Gasteiger partial charge < -0.3 is 15.0 Å². The van der Waals surface area contributed by atoms with Gasteiger partial charge in [-0.2, -0.15) is 0 Å². The first-order valence-corrected chi connectivity index (χ1v) is 8.41. The quantitative estimate of drug-likeness (QED) is 0.654. The van der Waals surface area contributed by atoms with E-state index in [4.69, 9.17) is 4.74 Å². The van der Waals surface area contributed by atoms with Crippen molar-refractivity contribution in [1.82, 2.24) is 15.1 Å². The molecule has 1 rings (SSSR count). The Morgan fingerprint density at radius 2 is 2.10 bits per heavy atom. The Hall–Kier alpha value is -0.160. The van der Waals surface area contributed by atoms with Gasteiger partial charge in [-0.1, -0.05) is 6.92 Å². The van der Waals surface area contributed by atoms with Gasteiger partial charge in [-0.15, -0.1) is 0 Å². The van der Waals surface area contributed by atoms with Crippen LogP contribution in [0.3, 0.4) is 0 Å². The summed E-state index contributed by atoms with van der Waals surface area (Å²) >= 11 is 0. The summed E-state index contributed by atoms with van der Waals surface area (Å²) in [6.45, 7) is 14.3. The van der Waals surface area contributed by atoms with Gasteiger partial charge in [-0.3, -0.25) is 4.90 Å². The van der Waals surface area contributed by atoms with Crippen molar-refractivity contribution in [2.75, 3.05) is 53.0 Å². The van der Waals surface area contributed by atoms with Crippen LogP contribution in [0.4, 0.5) is 0 Å². The Morgan fingerprint density at radius 1 is 1.30 bits per heavy atom. The predicted molar refractivity (Wildman–Crippen MR) is 86.3 cm³/mol. The van der Waals surface area contributed by atoms with Crippen LogP contribution < -0.4 is 5.32 Å². The lowest BCUT2D eigenvalue weighted by molar-refractivity contribution is 0.130. The number of ether oxygens (including phenoxy) is 1. The summed E-state index contributed by atoms with van der Waals surface area (Å²) < 4.78 is 5.36. The molecule has 0 bridgehead atoms. The lowest BCUT2D eigenvalue weighted by Crippen LogP contribution is -2.48. The largest absolute Gasteiger partial charge is 0.382 e. The number of rotatable bonds is 9. The van der Waals surface area contributed by atoms with Crippen LogP contribution in [0.25, 0.3) is 0 Å². The topological polar surface area (TPSA) is 27.7 Å². The molecule has 120 valence electrons. The van der Waals surface area contributed by atoms with E-state index in [0.29, 0.717) is 12.1 Å². The molecule has 1 heterocycles. The van der Waals surface area contributed by atoms with Crippen LogP contribution in [-0.2, 0) is 4.74 Å². The average Bonchev–Trinajstić information content (AvgIpc) is 2.63. The highest BCUT2D eigenvalue weighted by atomic mass is 16.5. The summed E-state index contributed by atoms with van der Waals surface area (Å²) in [5.74, 6) is 0. The minimum absolute atomic E-state index is 0.624. The molecule has 1 aliphatic heterocycles. The number of nitrogens with one attached hydrogen (secondary N) is 1. The molecule has 0 aliphatic carbocycles. The van der Waals surface area contributed by atoms with E-state index >= 15 is 0 Å². The Labute approximate surface area is 125 Å². The smallest absolute Gasteiger partial charge is 0.0477 e. The van der Waals surface area contributed by atoms with Gasteiger partial charge in [0, 0.05) is 44.9 Å². The van der Waals surface area contributed by atoms with E-state index in [-0.39, 0.29) is 0 Å². The lowest BCUT2D eigenvalue weighted by Gasteiger charge is -2.35.